The molecule has 3 aromatic carbocycles. The van der Waals surface area contributed by atoms with E-state index in [1.54, 1.807) is 62.4 Å². The van der Waals surface area contributed by atoms with Gasteiger partial charge in [0, 0.05) is 11.4 Å². The Kier molecular flexibility index (Phi) is 11.8. The average Bonchev–Trinajstić information content (AvgIpc) is 3.09. The summed E-state index contributed by atoms with van der Waals surface area (Å²) in [7, 11) is 0. The van der Waals surface area contributed by atoms with Crippen molar-refractivity contribution in [2.45, 2.75) is 103 Å². The maximum absolute atomic E-state index is 13.5. The van der Waals surface area contributed by atoms with Crippen molar-refractivity contribution in [3.05, 3.63) is 94.0 Å². The molecule has 0 spiro atoms. The molecule has 10 heteroatoms. The minimum absolute atomic E-state index is 0.290. The number of amides is 4. The SMILES string of the molecule is CCC[C@]1(NC(=O)Nc2ccc(C(=O)OCC)cc2)CCCc2cc3c(cc21)CCC[C@]3(CCC)NC(=O)Nc1ccc(C(=O)OCC)cc1. The summed E-state index contributed by atoms with van der Waals surface area (Å²) in [5.74, 6) is -0.790. The Morgan fingerprint density at radius 1 is 0.600 bits per heavy atom. The quantitative estimate of drug-likeness (QED) is 0.142. The van der Waals surface area contributed by atoms with Crippen LogP contribution in [0.5, 0.6) is 0 Å². The Bertz CT molecular complexity index is 1560. The van der Waals surface area contributed by atoms with Crippen LogP contribution in [0, 0.1) is 0 Å². The van der Waals surface area contributed by atoms with Crippen molar-refractivity contribution in [2.75, 3.05) is 23.8 Å². The molecule has 2 aliphatic carbocycles. The van der Waals surface area contributed by atoms with Gasteiger partial charge in [0.25, 0.3) is 0 Å². The van der Waals surface area contributed by atoms with Crippen LogP contribution in [0.2, 0.25) is 0 Å². The summed E-state index contributed by atoms with van der Waals surface area (Å²) in [6, 6.07) is 17.4. The summed E-state index contributed by atoms with van der Waals surface area (Å²) in [5, 5.41) is 12.7. The Balaban J connectivity index is 1.38. The maximum atomic E-state index is 13.5. The fourth-order valence-electron chi connectivity index (χ4n) is 7.75. The number of hydrogen-bond donors (Lipinski definition) is 4. The number of hydrogen-bond acceptors (Lipinski definition) is 6. The molecule has 266 valence electrons. The number of rotatable bonds is 12. The average molecular weight is 683 g/mol. The highest BCUT2D eigenvalue weighted by molar-refractivity contribution is 5.93. The summed E-state index contributed by atoms with van der Waals surface area (Å²) in [6.07, 6.45) is 8.69. The minimum Gasteiger partial charge on any atom is -0.462 e. The molecule has 0 aromatic heterocycles. The van der Waals surface area contributed by atoms with Gasteiger partial charge >= 0.3 is 24.0 Å². The zero-order valence-electron chi connectivity index (χ0n) is 29.7. The molecule has 0 fully saturated rings. The number of anilines is 2. The molecule has 0 unspecified atom stereocenters. The van der Waals surface area contributed by atoms with Crippen molar-refractivity contribution < 1.29 is 28.7 Å². The molecule has 0 heterocycles. The largest absolute Gasteiger partial charge is 0.462 e. The molecular formula is C40H50N4O6. The fourth-order valence-corrected chi connectivity index (χ4v) is 7.75. The Morgan fingerprint density at radius 3 is 1.32 bits per heavy atom. The molecule has 4 N–H and O–H groups in total. The lowest BCUT2D eigenvalue weighted by atomic mass is 9.68. The molecule has 3 aromatic rings. The van der Waals surface area contributed by atoms with Gasteiger partial charge in [-0.15, -0.1) is 0 Å². The summed E-state index contributed by atoms with van der Waals surface area (Å²) < 4.78 is 10.1. The van der Waals surface area contributed by atoms with E-state index in [4.69, 9.17) is 9.47 Å². The maximum Gasteiger partial charge on any atom is 0.338 e. The number of urea groups is 2. The van der Waals surface area contributed by atoms with Crippen LogP contribution in [-0.2, 0) is 33.4 Å². The second kappa shape index (κ2) is 16.2. The third-order valence-corrected chi connectivity index (χ3v) is 9.83. The van der Waals surface area contributed by atoms with Crippen LogP contribution >= 0.6 is 0 Å². The number of benzene rings is 3. The normalized spacial score (nSPS) is 19.3. The molecular weight excluding hydrogens is 632 g/mol. The van der Waals surface area contributed by atoms with Crippen molar-refractivity contribution >= 4 is 35.4 Å². The van der Waals surface area contributed by atoms with Gasteiger partial charge in [0.05, 0.1) is 35.4 Å². The van der Waals surface area contributed by atoms with Crippen molar-refractivity contribution in [1.82, 2.24) is 10.6 Å². The molecule has 0 saturated heterocycles. The molecule has 4 amide bonds. The Hall–Kier alpha value is -4.86. The highest BCUT2D eigenvalue weighted by atomic mass is 16.5. The summed E-state index contributed by atoms with van der Waals surface area (Å²) in [5.41, 5.74) is 5.73. The van der Waals surface area contributed by atoms with E-state index in [0.717, 1.165) is 75.3 Å². The smallest absolute Gasteiger partial charge is 0.338 e. The van der Waals surface area contributed by atoms with Crippen LogP contribution in [0.15, 0.2) is 60.7 Å². The van der Waals surface area contributed by atoms with Gasteiger partial charge in [0.15, 0.2) is 0 Å². The lowest BCUT2D eigenvalue weighted by Crippen LogP contribution is -2.51. The lowest BCUT2D eigenvalue weighted by molar-refractivity contribution is 0.0517. The summed E-state index contributed by atoms with van der Waals surface area (Å²) in [6.45, 7) is 8.40. The van der Waals surface area contributed by atoms with Crippen molar-refractivity contribution in [2.24, 2.45) is 0 Å². The van der Waals surface area contributed by atoms with E-state index in [9.17, 15) is 19.2 Å². The van der Waals surface area contributed by atoms with Crippen molar-refractivity contribution in [1.29, 1.82) is 0 Å². The highest BCUT2D eigenvalue weighted by Crippen LogP contribution is 2.45. The first kappa shape index (κ1) is 36.4. The summed E-state index contributed by atoms with van der Waals surface area (Å²) in [4.78, 5) is 51.2. The predicted octanol–water partition coefficient (Wildman–Crippen LogP) is 8.35. The fraction of sp³-hybridized carbons (Fsp3) is 0.450. The van der Waals surface area contributed by atoms with Gasteiger partial charge in [-0.05, 0) is 136 Å². The first-order valence-corrected chi connectivity index (χ1v) is 18.0. The molecule has 5 rings (SSSR count). The van der Waals surface area contributed by atoms with Gasteiger partial charge in [0.2, 0.25) is 0 Å². The molecule has 0 radical (unpaired) electrons. The number of fused-ring (bicyclic) bond motifs is 2. The number of esters is 2. The van der Waals surface area contributed by atoms with E-state index in [-0.39, 0.29) is 12.1 Å². The molecule has 0 aliphatic heterocycles. The van der Waals surface area contributed by atoms with Gasteiger partial charge in [-0.25, -0.2) is 19.2 Å². The van der Waals surface area contributed by atoms with Gasteiger partial charge in [-0.3, -0.25) is 0 Å². The van der Waals surface area contributed by atoms with Crippen LogP contribution in [-0.4, -0.2) is 37.2 Å². The molecule has 50 heavy (non-hydrogen) atoms. The van der Waals surface area contributed by atoms with Crippen molar-refractivity contribution in [3.8, 4) is 0 Å². The molecule has 10 nitrogen and oxygen atoms in total. The first-order valence-electron chi connectivity index (χ1n) is 18.0. The Labute approximate surface area is 295 Å². The highest BCUT2D eigenvalue weighted by Gasteiger charge is 2.42. The number of nitrogens with one attached hydrogen (secondary N) is 4. The van der Waals surface area contributed by atoms with E-state index in [0.29, 0.717) is 35.7 Å². The molecule has 2 atom stereocenters. The van der Waals surface area contributed by atoms with Crippen LogP contribution in [0.25, 0.3) is 0 Å². The van der Waals surface area contributed by atoms with E-state index in [2.05, 4.69) is 47.2 Å². The standard InChI is InChI=1S/C40H50N4O6/c1-5-21-39(43-37(47)41-31-17-13-27(14-18-31)35(45)49-7-3)23-9-11-29-26-34-30(25-33(29)39)12-10-24-40(34,22-6-2)44-38(48)42-32-19-15-28(16-20-32)36(46)50-8-4/h13-20,25-26H,5-12,21-24H2,1-4H3,(H2,41,43,47)(H2,42,44,48)/t39-,40-/m0/s1. The van der Waals surface area contributed by atoms with Gasteiger partial charge in [0.1, 0.15) is 0 Å². The second-order valence-corrected chi connectivity index (χ2v) is 13.3. The van der Waals surface area contributed by atoms with Gasteiger partial charge < -0.3 is 30.7 Å². The number of aryl methyl sites for hydroxylation is 2. The lowest BCUT2D eigenvalue weighted by Gasteiger charge is -2.44. The monoisotopic (exact) mass is 682 g/mol. The van der Waals surface area contributed by atoms with E-state index >= 15 is 0 Å². The molecule has 2 aliphatic rings. The van der Waals surface area contributed by atoms with Crippen LogP contribution < -0.4 is 21.3 Å². The Morgan fingerprint density at radius 2 is 0.980 bits per heavy atom. The number of ether oxygens (including phenoxy) is 2. The molecule has 0 bridgehead atoms. The van der Waals surface area contributed by atoms with Crippen molar-refractivity contribution in [3.63, 3.8) is 0 Å². The van der Waals surface area contributed by atoms with Crippen LogP contribution in [0.1, 0.15) is 122 Å². The van der Waals surface area contributed by atoms with Gasteiger partial charge in [-0.1, -0.05) is 38.8 Å². The number of carbonyl (C=O) groups excluding carboxylic acids is 4. The van der Waals surface area contributed by atoms with Crippen LogP contribution in [0.4, 0.5) is 21.0 Å². The number of carbonyl (C=O) groups is 4. The zero-order valence-corrected chi connectivity index (χ0v) is 29.7. The summed E-state index contributed by atoms with van der Waals surface area (Å²) >= 11 is 0. The van der Waals surface area contributed by atoms with E-state index < -0.39 is 23.0 Å². The predicted molar refractivity (Wildman–Crippen MR) is 195 cm³/mol. The van der Waals surface area contributed by atoms with Gasteiger partial charge in [-0.2, -0.15) is 0 Å². The third-order valence-electron chi connectivity index (χ3n) is 9.83. The zero-order chi connectivity index (χ0) is 35.7. The van der Waals surface area contributed by atoms with E-state index in [1.807, 2.05) is 0 Å². The molecule has 0 saturated carbocycles. The third kappa shape index (κ3) is 8.12. The first-order chi connectivity index (χ1) is 24.2. The minimum atomic E-state index is -0.530. The topological polar surface area (TPSA) is 135 Å². The van der Waals surface area contributed by atoms with E-state index in [1.165, 1.54) is 11.1 Å². The van der Waals surface area contributed by atoms with Crippen LogP contribution in [0.3, 0.4) is 0 Å². The second-order valence-electron chi connectivity index (χ2n) is 13.3.